The van der Waals surface area contributed by atoms with E-state index in [1.54, 1.807) is 6.33 Å². The number of fused-ring (bicyclic) bond motifs is 2. The third-order valence-electron chi connectivity index (χ3n) is 6.57. The normalized spacial score (nSPS) is 16.0. The highest BCUT2D eigenvalue weighted by molar-refractivity contribution is 5.86. The minimum atomic E-state index is -0.0361. The van der Waals surface area contributed by atoms with Crippen LogP contribution in [0.3, 0.4) is 0 Å². The van der Waals surface area contributed by atoms with Crippen LogP contribution in [0.1, 0.15) is 28.9 Å². The van der Waals surface area contributed by atoms with E-state index in [4.69, 9.17) is 9.51 Å². The summed E-state index contributed by atoms with van der Waals surface area (Å²) in [5, 5.41) is 6.69. The second-order valence-electron chi connectivity index (χ2n) is 9.03. The minimum absolute atomic E-state index is 0.0361. The van der Waals surface area contributed by atoms with Gasteiger partial charge in [0.05, 0.1) is 23.8 Å². The average molecular weight is 451 g/mol. The molecular weight excluding hydrogens is 424 g/mol. The second-order valence-corrected chi connectivity index (χ2v) is 9.03. The Balaban J connectivity index is 1.30. The maximum absolute atomic E-state index is 5.83. The van der Waals surface area contributed by atoms with Gasteiger partial charge in [0.1, 0.15) is 0 Å². The van der Waals surface area contributed by atoms with Gasteiger partial charge in [-0.05, 0) is 34.5 Å². The first-order valence-corrected chi connectivity index (χ1v) is 11.5. The molecule has 0 saturated carbocycles. The first kappa shape index (κ1) is 20.6. The van der Waals surface area contributed by atoms with Gasteiger partial charge in [0.2, 0.25) is 11.7 Å². The summed E-state index contributed by atoms with van der Waals surface area (Å²) < 4.78 is 5.83. The van der Waals surface area contributed by atoms with Crippen LogP contribution in [0.15, 0.2) is 77.6 Å². The van der Waals surface area contributed by atoms with E-state index in [1.165, 1.54) is 16.6 Å². The number of aromatic amines is 1. The first-order valence-electron chi connectivity index (χ1n) is 11.5. The Morgan fingerprint density at radius 2 is 1.85 bits per heavy atom. The van der Waals surface area contributed by atoms with Gasteiger partial charge < -0.3 is 14.4 Å². The standard InChI is InChI=1S/C27H26N6O/c1-32(2)22-11-7-18(8-12-22)15-33-16-24-23(28-17-29-24)14-25(33)27-30-26(31-34-27)21-10-9-19-5-3-4-6-20(19)13-21/h3-13,17,25H,14-16H2,1-2H3,(H,28,29). The Hall–Kier alpha value is -3.97. The van der Waals surface area contributed by atoms with Gasteiger partial charge in [-0.3, -0.25) is 4.90 Å². The summed E-state index contributed by atoms with van der Waals surface area (Å²) >= 11 is 0. The molecule has 0 radical (unpaired) electrons. The molecule has 1 aliphatic heterocycles. The van der Waals surface area contributed by atoms with Crippen LogP contribution in [0.25, 0.3) is 22.2 Å². The lowest BCUT2D eigenvalue weighted by atomic mass is 10.0. The molecule has 0 aliphatic carbocycles. The van der Waals surface area contributed by atoms with Crippen LogP contribution >= 0.6 is 0 Å². The lowest BCUT2D eigenvalue weighted by Crippen LogP contribution is -2.34. The molecule has 1 unspecified atom stereocenters. The van der Waals surface area contributed by atoms with Gasteiger partial charge in [-0.1, -0.05) is 53.7 Å². The van der Waals surface area contributed by atoms with Crippen molar-refractivity contribution in [3.8, 4) is 11.4 Å². The third kappa shape index (κ3) is 3.84. The van der Waals surface area contributed by atoms with Gasteiger partial charge in [0.15, 0.2) is 0 Å². The molecule has 3 heterocycles. The van der Waals surface area contributed by atoms with E-state index >= 15 is 0 Å². The molecule has 34 heavy (non-hydrogen) atoms. The van der Waals surface area contributed by atoms with Crippen molar-refractivity contribution in [3.05, 3.63) is 95.9 Å². The number of aromatic nitrogens is 4. The molecule has 1 N–H and O–H groups in total. The highest BCUT2D eigenvalue weighted by Gasteiger charge is 2.33. The number of hydrogen-bond acceptors (Lipinski definition) is 6. The summed E-state index contributed by atoms with van der Waals surface area (Å²) in [4.78, 5) is 17.1. The molecule has 6 rings (SSSR count). The number of imidazole rings is 1. The smallest absolute Gasteiger partial charge is 0.244 e. The lowest BCUT2D eigenvalue weighted by Gasteiger charge is -2.32. The van der Waals surface area contributed by atoms with Crippen LogP contribution in [0.4, 0.5) is 5.69 Å². The number of nitrogens with zero attached hydrogens (tertiary/aromatic N) is 5. The fraction of sp³-hybridized carbons (Fsp3) is 0.222. The Labute approximate surface area is 198 Å². The predicted octanol–water partition coefficient (Wildman–Crippen LogP) is 4.98. The van der Waals surface area contributed by atoms with Crippen molar-refractivity contribution in [1.29, 1.82) is 0 Å². The van der Waals surface area contributed by atoms with Gasteiger partial charge in [0, 0.05) is 44.9 Å². The zero-order valence-corrected chi connectivity index (χ0v) is 19.3. The molecule has 0 fully saturated rings. The Kier molecular flexibility index (Phi) is 5.11. The molecule has 7 heteroatoms. The fourth-order valence-corrected chi connectivity index (χ4v) is 4.65. The van der Waals surface area contributed by atoms with Crippen LogP contribution < -0.4 is 4.90 Å². The highest BCUT2D eigenvalue weighted by Crippen LogP contribution is 2.34. The van der Waals surface area contributed by atoms with Crippen molar-refractivity contribution in [3.63, 3.8) is 0 Å². The largest absolute Gasteiger partial charge is 0.378 e. The molecule has 1 aliphatic rings. The molecule has 3 aromatic carbocycles. The summed E-state index contributed by atoms with van der Waals surface area (Å²) in [5.41, 5.74) is 5.60. The van der Waals surface area contributed by atoms with Crippen LogP contribution in [-0.2, 0) is 19.5 Å². The van der Waals surface area contributed by atoms with Gasteiger partial charge in [-0.15, -0.1) is 0 Å². The van der Waals surface area contributed by atoms with Crippen molar-refractivity contribution in [2.45, 2.75) is 25.6 Å². The van der Waals surface area contributed by atoms with Gasteiger partial charge in [-0.25, -0.2) is 4.98 Å². The van der Waals surface area contributed by atoms with Crippen molar-refractivity contribution in [2.75, 3.05) is 19.0 Å². The van der Waals surface area contributed by atoms with E-state index in [0.717, 1.165) is 41.8 Å². The molecule has 170 valence electrons. The van der Waals surface area contributed by atoms with Crippen molar-refractivity contribution < 1.29 is 4.52 Å². The van der Waals surface area contributed by atoms with Gasteiger partial charge in [0.25, 0.3) is 0 Å². The molecule has 0 bridgehead atoms. The summed E-state index contributed by atoms with van der Waals surface area (Å²) in [6.45, 7) is 1.54. The first-order chi connectivity index (χ1) is 16.6. The summed E-state index contributed by atoms with van der Waals surface area (Å²) in [5.74, 6) is 1.24. The van der Waals surface area contributed by atoms with E-state index in [-0.39, 0.29) is 6.04 Å². The topological polar surface area (TPSA) is 74.1 Å². The molecule has 5 aromatic rings. The van der Waals surface area contributed by atoms with E-state index in [9.17, 15) is 0 Å². The summed E-state index contributed by atoms with van der Waals surface area (Å²) in [6.07, 6.45) is 2.50. The predicted molar refractivity (Wildman–Crippen MR) is 132 cm³/mol. The van der Waals surface area contributed by atoms with E-state index in [0.29, 0.717) is 11.7 Å². The molecule has 0 saturated heterocycles. The number of hydrogen-bond donors (Lipinski definition) is 1. The van der Waals surface area contributed by atoms with Crippen LogP contribution in [0.5, 0.6) is 0 Å². The Bertz CT molecular complexity index is 1440. The van der Waals surface area contributed by atoms with E-state index < -0.39 is 0 Å². The molecule has 0 amide bonds. The monoisotopic (exact) mass is 450 g/mol. The van der Waals surface area contributed by atoms with Crippen LogP contribution in [-0.4, -0.2) is 39.1 Å². The Morgan fingerprint density at radius 1 is 1.03 bits per heavy atom. The highest BCUT2D eigenvalue weighted by atomic mass is 16.5. The second kappa shape index (κ2) is 8.43. The lowest BCUT2D eigenvalue weighted by molar-refractivity contribution is 0.128. The third-order valence-corrected chi connectivity index (χ3v) is 6.57. The number of benzene rings is 3. The molecule has 0 spiro atoms. The number of rotatable bonds is 5. The quantitative estimate of drug-likeness (QED) is 0.407. The SMILES string of the molecule is CN(C)c1ccc(CN2Cc3[nH]cnc3CC2c2nc(-c3ccc4ccccc4c3)no2)cc1. The number of nitrogens with one attached hydrogen (secondary N) is 1. The van der Waals surface area contributed by atoms with Crippen molar-refractivity contribution >= 4 is 16.5 Å². The zero-order chi connectivity index (χ0) is 23.1. The summed E-state index contributed by atoms with van der Waals surface area (Å²) in [7, 11) is 4.11. The van der Waals surface area contributed by atoms with E-state index in [2.05, 4.69) is 87.6 Å². The van der Waals surface area contributed by atoms with Gasteiger partial charge >= 0.3 is 0 Å². The fourth-order valence-electron chi connectivity index (χ4n) is 4.65. The molecular formula is C27H26N6O. The Morgan fingerprint density at radius 3 is 2.68 bits per heavy atom. The van der Waals surface area contributed by atoms with Crippen LogP contribution in [0, 0.1) is 0 Å². The average Bonchev–Trinajstić information content (AvgIpc) is 3.53. The molecule has 7 nitrogen and oxygen atoms in total. The zero-order valence-electron chi connectivity index (χ0n) is 19.3. The van der Waals surface area contributed by atoms with Gasteiger partial charge in [-0.2, -0.15) is 4.98 Å². The van der Waals surface area contributed by atoms with Crippen LogP contribution in [0.2, 0.25) is 0 Å². The van der Waals surface area contributed by atoms with Crippen molar-refractivity contribution in [1.82, 2.24) is 25.0 Å². The van der Waals surface area contributed by atoms with Crippen molar-refractivity contribution in [2.24, 2.45) is 0 Å². The number of H-pyrrole nitrogens is 1. The minimum Gasteiger partial charge on any atom is -0.378 e. The molecule has 2 aromatic heterocycles. The van der Waals surface area contributed by atoms with E-state index in [1.807, 2.05) is 18.2 Å². The summed E-state index contributed by atoms with van der Waals surface area (Å²) in [6, 6.07) is 23.2. The number of anilines is 1. The maximum Gasteiger partial charge on any atom is 0.244 e. The molecule has 1 atom stereocenters. The maximum atomic E-state index is 5.83.